The largest absolute Gasteiger partial charge is 0.493 e. The molecule has 0 unspecified atom stereocenters. The van der Waals surface area contributed by atoms with Gasteiger partial charge in [-0.3, -0.25) is 4.79 Å². The zero-order chi connectivity index (χ0) is 20.2. The van der Waals surface area contributed by atoms with Crippen molar-refractivity contribution in [2.75, 3.05) is 48.5 Å². The van der Waals surface area contributed by atoms with Gasteiger partial charge in [-0.1, -0.05) is 13.3 Å². The third-order valence-electron chi connectivity index (χ3n) is 3.87. The third-order valence-corrected chi connectivity index (χ3v) is 3.87. The Morgan fingerprint density at radius 2 is 1.68 bits per heavy atom. The minimum absolute atomic E-state index is 0. The van der Waals surface area contributed by atoms with E-state index in [-0.39, 0.29) is 36.4 Å². The molecular formula is C19H33IN4O4. The van der Waals surface area contributed by atoms with Crippen LogP contribution in [0, 0.1) is 0 Å². The lowest BCUT2D eigenvalue weighted by molar-refractivity contribution is -0.127. The van der Waals surface area contributed by atoms with Crippen LogP contribution in [0.25, 0.3) is 0 Å². The van der Waals surface area contributed by atoms with Crippen LogP contribution in [0.1, 0.15) is 25.3 Å². The summed E-state index contributed by atoms with van der Waals surface area (Å²) in [6, 6.07) is 3.72. The number of nitrogens with one attached hydrogen (secondary N) is 2. The second-order valence-electron chi connectivity index (χ2n) is 6.12. The van der Waals surface area contributed by atoms with Gasteiger partial charge in [-0.05, 0) is 24.1 Å². The van der Waals surface area contributed by atoms with Crippen molar-refractivity contribution in [2.24, 2.45) is 4.99 Å². The predicted molar refractivity (Wildman–Crippen MR) is 122 cm³/mol. The lowest BCUT2D eigenvalue weighted by Crippen LogP contribution is -2.43. The van der Waals surface area contributed by atoms with Crippen LogP contribution in [0.15, 0.2) is 17.1 Å². The number of unbranched alkanes of at least 4 members (excludes halogenated alkanes) is 1. The lowest BCUT2D eigenvalue weighted by atomic mass is 10.2. The van der Waals surface area contributed by atoms with E-state index in [9.17, 15) is 4.79 Å². The number of nitrogens with zero attached hydrogens (tertiary/aromatic N) is 2. The highest BCUT2D eigenvalue weighted by Gasteiger charge is 2.13. The number of aliphatic imine (C=N–C) groups is 1. The van der Waals surface area contributed by atoms with Crippen molar-refractivity contribution in [3.8, 4) is 17.2 Å². The Morgan fingerprint density at radius 1 is 1.07 bits per heavy atom. The molecule has 0 fully saturated rings. The number of guanidine groups is 1. The quantitative estimate of drug-likeness (QED) is 0.218. The van der Waals surface area contributed by atoms with E-state index in [0.29, 0.717) is 29.8 Å². The Labute approximate surface area is 185 Å². The summed E-state index contributed by atoms with van der Waals surface area (Å²) < 4.78 is 16.1. The number of hydrogen-bond acceptors (Lipinski definition) is 5. The number of benzene rings is 1. The SMILES string of the molecule is CCCCNC(=NCc1cc(OC)c(OC)c(OC)c1)NCC(=O)N(C)C.I. The molecule has 1 aromatic rings. The van der Waals surface area contributed by atoms with Crippen LogP contribution in [0.4, 0.5) is 0 Å². The molecular weight excluding hydrogens is 475 g/mol. The first-order chi connectivity index (χ1) is 13.0. The minimum Gasteiger partial charge on any atom is -0.493 e. The number of carbonyl (C=O) groups excluding carboxylic acids is 1. The van der Waals surface area contributed by atoms with E-state index in [2.05, 4.69) is 22.5 Å². The van der Waals surface area contributed by atoms with Gasteiger partial charge in [-0.15, -0.1) is 24.0 Å². The molecule has 160 valence electrons. The first-order valence-corrected chi connectivity index (χ1v) is 8.98. The molecule has 1 amide bonds. The van der Waals surface area contributed by atoms with Gasteiger partial charge in [0.1, 0.15) is 0 Å². The van der Waals surface area contributed by atoms with Crippen LogP contribution < -0.4 is 24.8 Å². The molecule has 0 heterocycles. The van der Waals surface area contributed by atoms with Crippen molar-refractivity contribution >= 4 is 35.8 Å². The van der Waals surface area contributed by atoms with Crippen LogP contribution in [0.2, 0.25) is 0 Å². The van der Waals surface area contributed by atoms with Crippen molar-refractivity contribution in [3.05, 3.63) is 17.7 Å². The molecule has 0 aromatic heterocycles. The zero-order valence-electron chi connectivity index (χ0n) is 17.6. The van der Waals surface area contributed by atoms with E-state index in [0.717, 1.165) is 24.9 Å². The number of hydrogen-bond donors (Lipinski definition) is 2. The summed E-state index contributed by atoms with van der Waals surface area (Å²) in [4.78, 5) is 17.9. The molecule has 0 saturated heterocycles. The van der Waals surface area contributed by atoms with Gasteiger partial charge in [0, 0.05) is 20.6 Å². The number of ether oxygens (including phenoxy) is 3. The first-order valence-electron chi connectivity index (χ1n) is 8.98. The maximum absolute atomic E-state index is 11.8. The van der Waals surface area contributed by atoms with Crippen molar-refractivity contribution in [2.45, 2.75) is 26.3 Å². The maximum Gasteiger partial charge on any atom is 0.241 e. The van der Waals surface area contributed by atoms with Gasteiger partial charge in [0.25, 0.3) is 0 Å². The number of carbonyl (C=O) groups is 1. The fraction of sp³-hybridized carbons (Fsp3) is 0.579. The second kappa shape index (κ2) is 14.1. The molecule has 0 saturated carbocycles. The van der Waals surface area contributed by atoms with Crippen LogP contribution in [-0.4, -0.2) is 65.3 Å². The molecule has 1 rings (SSSR count). The smallest absolute Gasteiger partial charge is 0.241 e. The molecule has 0 aliphatic carbocycles. The molecule has 28 heavy (non-hydrogen) atoms. The second-order valence-corrected chi connectivity index (χ2v) is 6.12. The summed E-state index contributed by atoms with van der Waals surface area (Å²) in [5.74, 6) is 2.28. The molecule has 0 aliphatic rings. The summed E-state index contributed by atoms with van der Waals surface area (Å²) in [6.07, 6.45) is 2.09. The fourth-order valence-electron chi connectivity index (χ4n) is 2.27. The molecule has 8 nitrogen and oxygen atoms in total. The molecule has 2 N–H and O–H groups in total. The van der Waals surface area contributed by atoms with Gasteiger partial charge < -0.3 is 29.7 Å². The number of rotatable bonds is 10. The van der Waals surface area contributed by atoms with E-state index < -0.39 is 0 Å². The molecule has 0 aliphatic heterocycles. The molecule has 1 aromatic carbocycles. The van der Waals surface area contributed by atoms with Gasteiger partial charge in [-0.25, -0.2) is 4.99 Å². The lowest BCUT2D eigenvalue weighted by Gasteiger charge is -2.16. The summed E-state index contributed by atoms with van der Waals surface area (Å²) in [7, 11) is 8.18. The third kappa shape index (κ3) is 8.41. The zero-order valence-corrected chi connectivity index (χ0v) is 20.0. The van der Waals surface area contributed by atoms with Crippen LogP contribution in [0.5, 0.6) is 17.2 Å². The van der Waals surface area contributed by atoms with Gasteiger partial charge in [-0.2, -0.15) is 0 Å². The highest BCUT2D eigenvalue weighted by atomic mass is 127. The highest BCUT2D eigenvalue weighted by molar-refractivity contribution is 14.0. The van der Waals surface area contributed by atoms with E-state index in [1.54, 1.807) is 35.4 Å². The monoisotopic (exact) mass is 508 g/mol. The fourth-order valence-corrected chi connectivity index (χ4v) is 2.27. The van der Waals surface area contributed by atoms with Crippen LogP contribution in [0.3, 0.4) is 0 Å². The number of methoxy groups -OCH3 is 3. The summed E-state index contributed by atoms with van der Waals surface area (Å²) in [6.45, 7) is 3.49. The predicted octanol–water partition coefficient (Wildman–Crippen LogP) is 2.25. The number of halogens is 1. The topological polar surface area (TPSA) is 84.4 Å². The van der Waals surface area contributed by atoms with E-state index in [4.69, 9.17) is 14.2 Å². The summed E-state index contributed by atoms with van der Waals surface area (Å²) in [5.41, 5.74) is 0.903. The Morgan fingerprint density at radius 3 is 2.14 bits per heavy atom. The van der Waals surface area contributed by atoms with Gasteiger partial charge >= 0.3 is 0 Å². The van der Waals surface area contributed by atoms with Crippen molar-refractivity contribution in [1.82, 2.24) is 15.5 Å². The maximum atomic E-state index is 11.8. The van der Waals surface area contributed by atoms with Crippen molar-refractivity contribution < 1.29 is 19.0 Å². The molecule has 0 atom stereocenters. The van der Waals surface area contributed by atoms with Gasteiger partial charge in [0.05, 0.1) is 34.4 Å². The average Bonchev–Trinajstić information content (AvgIpc) is 2.68. The van der Waals surface area contributed by atoms with E-state index in [1.807, 2.05) is 12.1 Å². The highest BCUT2D eigenvalue weighted by Crippen LogP contribution is 2.38. The Hall–Kier alpha value is -1.91. The standard InChI is InChI=1S/C19H32N4O4.HI/c1-7-8-9-20-19(22-13-17(24)23(2)3)21-12-14-10-15(25-4)18(27-6)16(11-14)26-5;/h10-11H,7-9,12-13H2,1-6H3,(H2,20,21,22);1H. The normalized spacial score (nSPS) is 10.6. The number of amides is 1. The Balaban J connectivity index is 0.00000729. The first kappa shape index (κ1) is 26.1. The van der Waals surface area contributed by atoms with Gasteiger partial charge in [0.2, 0.25) is 11.7 Å². The minimum atomic E-state index is -0.0206. The summed E-state index contributed by atoms with van der Waals surface area (Å²) in [5, 5.41) is 6.32. The molecule has 0 spiro atoms. The molecule has 9 heteroatoms. The average molecular weight is 508 g/mol. The van der Waals surface area contributed by atoms with E-state index >= 15 is 0 Å². The number of likely N-dealkylation sites (N-methyl/N-ethyl adjacent to an activating group) is 1. The van der Waals surface area contributed by atoms with Crippen molar-refractivity contribution in [1.29, 1.82) is 0 Å². The molecule has 0 radical (unpaired) electrons. The summed E-state index contributed by atoms with van der Waals surface area (Å²) >= 11 is 0. The van der Waals surface area contributed by atoms with Crippen LogP contribution >= 0.6 is 24.0 Å². The molecule has 0 bridgehead atoms. The van der Waals surface area contributed by atoms with Crippen LogP contribution in [-0.2, 0) is 11.3 Å². The van der Waals surface area contributed by atoms with Gasteiger partial charge in [0.15, 0.2) is 17.5 Å². The Kier molecular flexibility index (Phi) is 13.2. The Bertz CT molecular complexity index is 613. The van der Waals surface area contributed by atoms with E-state index in [1.165, 1.54) is 4.90 Å². The van der Waals surface area contributed by atoms with Crippen molar-refractivity contribution in [3.63, 3.8) is 0 Å².